The molecule has 13 rings (SSSR count). The number of fused-ring (bicyclic) bond motifs is 6. The zero-order valence-corrected chi connectivity index (χ0v) is 37.3. The van der Waals surface area contributed by atoms with Gasteiger partial charge >= 0.3 is 0 Å². The smallest absolute Gasteiger partial charge is 0.161 e. The Morgan fingerprint density at radius 1 is 0.273 bits per heavy atom. The van der Waals surface area contributed by atoms with Crippen LogP contribution in [-0.2, 0) is 0 Å². The van der Waals surface area contributed by atoms with Crippen molar-refractivity contribution in [3.8, 4) is 34.2 Å². The molecule has 3 aliphatic rings. The van der Waals surface area contributed by atoms with Gasteiger partial charge in [-0.25, -0.2) is 29.9 Å². The van der Waals surface area contributed by atoms with Crippen molar-refractivity contribution in [1.29, 1.82) is 0 Å². The van der Waals surface area contributed by atoms with Crippen LogP contribution in [0.4, 0.5) is 51.6 Å². The number of para-hydroxylation sites is 6. The molecular formula is C54H33N9S3. The molecule has 10 aromatic rings. The van der Waals surface area contributed by atoms with Gasteiger partial charge in [0.05, 0.1) is 34.1 Å². The minimum Gasteiger partial charge on any atom is -0.293 e. The molecule has 312 valence electrons. The van der Waals surface area contributed by atoms with Crippen molar-refractivity contribution in [1.82, 2.24) is 29.9 Å². The van der Waals surface area contributed by atoms with Crippen LogP contribution in [0.1, 0.15) is 0 Å². The van der Waals surface area contributed by atoms with Crippen LogP contribution in [-0.4, -0.2) is 29.9 Å². The van der Waals surface area contributed by atoms with Gasteiger partial charge in [0.25, 0.3) is 0 Å². The van der Waals surface area contributed by atoms with Crippen molar-refractivity contribution in [3.63, 3.8) is 0 Å². The van der Waals surface area contributed by atoms with Crippen molar-refractivity contribution < 1.29 is 0 Å². The lowest BCUT2D eigenvalue weighted by Crippen LogP contribution is -2.16. The molecule has 0 N–H and O–H groups in total. The Morgan fingerprint density at radius 3 is 0.742 bits per heavy atom. The molecule has 7 aromatic carbocycles. The first-order chi connectivity index (χ1) is 32.7. The van der Waals surface area contributed by atoms with Crippen LogP contribution < -0.4 is 14.7 Å². The highest BCUT2D eigenvalue weighted by Crippen LogP contribution is 2.53. The van der Waals surface area contributed by atoms with Crippen molar-refractivity contribution in [2.45, 2.75) is 29.4 Å². The van der Waals surface area contributed by atoms with Gasteiger partial charge < -0.3 is 0 Å². The minimum absolute atomic E-state index is 0.544. The molecule has 3 aromatic heterocycles. The maximum absolute atomic E-state index is 5.32. The minimum atomic E-state index is 0.544. The average molecular weight is 904 g/mol. The predicted molar refractivity (Wildman–Crippen MR) is 266 cm³/mol. The van der Waals surface area contributed by atoms with Crippen LogP contribution in [0, 0.1) is 0 Å². The molecule has 0 saturated carbocycles. The molecule has 0 spiro atoms. The second-order valence-corrected chi connectivity index (χ2v) is 18.9. The molecular weight excluding hydrogens is 871 g/mol. The molecule has 0 bridgehead atoms. The van der Waals surface area contributed by atoms with Crippen molar-refractivity contribution >= 4 is 86.9 Å². The van der Waals surface area contributed by atoms with Crippen LogP contribution in [0.2, 0.25) is 0 Å². The summed E-state index contributed by atoms with van der Waals surface area (Å²) in [7, 11) is 0. The largest absolute Gasteiger partial charge is 0.293 e. The maximum atomic E-state index is 5.32. The van der Waals surface area contributed by atoms with E-state index >= 15 is 0 Å². The topological polar surface area (TPSA) is 87.1 Å². The molecule has 0 aliphatic carbocycles. The Labute approximate surface area is 393 Å². The van der Waals surface area contributed by atoms with Gasteiger partial charge in [0.15, 0.2) is 17.5 Å². The zero-order valence-electron chi connectivity index (χ0n) is 34.8. The molecule has 66 heavy (non-hydrogen) atoms. The fourth-order valence-corrected chi connectivity index (χ4v) is 11.9. The zero-order chi connectivity index (χ0) is 43.6. The van der Waals surface area contributed by atoms with E-state index in [0.717, 1.165) is 97.6 Å². The van der Waals surface area contributed by atoms with E-state index in [-0.39, 0.29) is 0 Å². The van der Waals surface area contributed by atoms with Gasteiger partial charge in [0.1, 0.15) is 17.5 Å². The van der Waals surface area contributed by atoms with Crippen LogP contribution in [0.5, 0.6) is 0 Å². The second kappa shape index (κ2) is 16.0. The standard InChI is InChI=1S/C54H33N9S3/c1-7-19-43-37(13-1)61(38-14-2-8-20-44(38)64-43)49-25-28-55-52(58-49)34-31-35(53-56-29-26-50(59-53)62-39-15-3-9-21-45(39)65-46-22-10-4-16-40(46)62)33-36(32-34)54-57-30-27-51(60-54)63-41-17-5-11-23-47(41)66-48-24-12-6-18-42(48)63/h1-33H. The highest BCUT2D eigenvalue weighted by atomic mass is 32.2. The van der Waals surface area contributed by atoms with Gasteiger partial charge in [-0.1, -0.05) is 108 Å². The van der Waals surface area contributed by atoms with E-state index < -0.39 is 0 Å². The van der Waals surface area contributed by atoms with E-state index in [9.17, 15) is 0 Å². The summed E-state index contributed by atoms with van der Waals surface area (Å²) < 4.78 is 0. The van der Waals surface area contributed by atoms with Gasteiger partial charge in [-0.05, 0) is 109 Å². The van der Waals surface area contributed by atoms with Crippen molar-refractivity contribution in [2.24, 2.45) is 0 Å². The quantitative estimate of drug-likeness (QED) is 0.159. The summed E-state index contributed by atoms with van der Waals surface area (Å²) in [4.78, 5) is 44.3. The molecule has 9 nitrogen and oxygen atoms in total. The lowest BCUT2D eigenvalue weighted by Gasteiger charge is -2.32. The van der Waals surface area contributed by atoms with E-state index in [0.29, 0.717) is 17.5 Å². The summed E-state index contributed by atoms with van der Waals surface area (Å²) in [6, 6.07) is 62.8. The fourth-order valence-electron chi connectivity index (χ4n) is 8.71. The lowest BCUT2D eigenvalue weighted by molar-refractivity contribution is 1.07. The van der Waals surface area contributed by atoms with Gasteiger partial charge in [-0.2, -0.15) is 0 Å². The first-order valence-electron chi connectivity index (χ1n) is 21.3. The van der Waals surface area contributed by atoms with Gasteiger partial charge in [-0.15, -0.1) is 0 Å². The van der Waals surface area contributed by atoms with E-state index in [1.54, 1.807) is 35.3 Å². The third-order valence-electron chi connectivity index (χ3n) is 11.6. The van der Waals surface area contributed by atoms with Gasteiger partial charge in [-0.3, -0.25) is 14.7 Å². The summed E-state index contributed by atoms with van der Waals surface area (Å²) in [5.74, 6) is 3.89. The number of rotatable bonds is 6. The Morgan fingerprint density at radius 2 is 0.500 bits per heavy atom. The van der Waals surface area contributed by atoms with Crippen molar-refractivity contribution in [3.05, 3.63) is 201 Å². The Kier molecular flexibility index (Phi) is 9.39. The summed E-state index contributed by atoms with van der Waals surface area (Å²) in [5.41, 5.74) is 8.71. The van der Waals surface area contributed by atoms with E-state index in [2.05, 4.69) is 178 Å². The molecule has 0 fully saturated rings. The molecule has 0 atom stereocenters. The lowest BCUT2D eigenvalue weighted by atomic mass is 10.0. The predicted octanol–water partition coefficient (Wildman–Crippen LogP) is 14.9. The molecule has 6 heterocycles. The van der Waals surface area contributed by atoms with E-state index in [1.807, 2.05) is 36.8 Å². The molecule has 3 aliphatic heterocycles. The number of benzene rings is 7. The Bertz CT molecular complexity index is 3030. The van der Waals surface area contributed by atoms with Crippen LogP contribution in [0.3, 0.4) is 0 Å². The third kappa shape index (κ3) is 6.68. The monoisotopic (exact) mass is 903 g/mol. The number of hydrogen-bond acceptors (Lipinski definition) is 12. The fraction of sp³-hybridized carbons (Fsp3) is 0. The van der Waals surface area contributed by atoms with Gasteiger partial charge in [0, 0.05) is 64.7 Å². The number of nitrogens with zero attached hydrogens (tertiary/aromatic N) is 9. The Hall–Kier alpha value is -7.77. The van der Waals surface area contributed by atoms with Crippen molar-refractivity contribution in [2.75, 3.05) is 14.7 Å². The normalized spacial score (nSPS) is 13.2. The highest BCUT2D eigenvalue weighted by Gasteiger charge is 2.29. The average Bonchev–Trinajstić information content (AvgIpc) is 3.38. The van der Waals surface area contributed by atoms with E-state index in [1.165, 1.54) is 0 Å². The number of hydrogen-bond donors (Lipinski definition) is 0. The SMILES string of the molecule is c1ccc2c(c1)Sc1ccccc1N2c1ccnc(-c2cc(-c3nccc(N4c5ccccc5Sc5ccccc54)n3)cc(-c3nccc(N4c5ccccc5Sc5ccccc54)n3)c2)n1. The molecule has 0 radical (unpaired) electrons. The molecule has 0 amide bonds. The van der Waals surface area contributed by atoms with Crippen LogP contribution in [0.15, 0.2) is 230 Å². The summed E-state index contributed by atoms with van der Waals surface area (Å²) in [5, 5.41) is 0. The molecule has 12 heteroatoms. The van der Waals surface area contributed by atoms with E-state index in [4.69, 9.17) is 29.9 Å². The summed E-state index contributed by atoms with van der Waals surface area (Å²) >= 11 is 5.30. The number of aromatic nitrogens is 6. The number of anilines is 9. The first kappa shape index (κ1) is 38.7. The molecule has 0 unspecified atom stereocenters. The highest BCUT2D eigenvalue weighted by molar-refractivity contribution is 8.00. The van der Waals surface area contributed by atoms with Crippen LogP contribution >= 0.6 is 35.3 Å². The first-order valence-corrected chi connectivity index (χ1v) is 23.8. The second-order valence-electron chi connectivity index (χ2n) is 15.6. The molecule has 0 saturated heterocycles. The maximum Gasteiger partial charge on any atom is 0.161 e. The Balaban J connectivity index is 0.976. The third-order valence-corrected chi connectivity index (χ3v) is 15.0. The summed E-state index contributed by atoms with van der Waals surface area (Å²) in [6.07, 6.45) is 5.49. The van der Waals surface area contributed by atoms with Crippen LogP contribution in [0.25, 0.3) is 34.2 Å². The summed E-state index contributed by atoms with van der Waals surface area (Å²) in [6.45, 7) is 0. The van der Waals surface area contributed by atoms with Gasteiger partial charge in [0.2, 0.25) is 0 Å².